The second-order valence-electron chi connectivity index (χ2n) is 4.67. The number of urea groups is 1. The Balaban J connectivity index is 1.72. The minimum absolute atomic E-state index is 0.106. The average molecular weight is 302 g/mol. The van der Waals surface area contributed by atoms with E-state index in [1.807, 2.05) is 16.8 Å². The van der Waals surface area contributed by atoms with E-state index in [1.54, 1.807) is 12.1 Å². The molecule has 6 heteroatoms. The highest BCUT2D eigenvalue weighted by Gasteiger charge is 2.32. The molecule has 1 aliphatic rings. The van der Waals surface area contributed by atoms with E-state index < -0.39 is 6.03 Å². The van der Waals surface area contributed by atoms with E-state index in [0.717, 1.165) is 10.5 Å². The predicted octanol–water partition coefficient (Wildman–Crippen LogP) is 3.03. The van der Waals surface area contributed by atoms with E-state index in [9.17, 15) is 14.0 Å². The summed E-state index contributed by atoms with van der Waals surface area (Å²) in [5, 5.41) is 3.83. The first-order valence-corrected chi connectivity index (χ1v) is 7.26. The molecule has 2 aromatic rings. The summed E-state index contributed by atoms with van der Waals surface area (Å²) in [4.78, 5) is 29.0. The number of benzene rings is 1. The van der Waals surface area contributed by atoms with Crippen LogP contribution in [-0.4, -0.2) is 22.5 Å². The molecule has 106 valence electrons. The van der Waals surface area contributed by atoms with Crippen LogP contribution in [0.3, 0.4) is 0 Å². The molecule has 3 amide bonds. The van der Waals surface area contributed by atoms with Crippen LogP contribution in [-0.2, 0) is 17.8 Å². The van der Waals surface area contributed by atoms with Crippen LogP contribution in [0.5, 0.6) is 0 Å². The lowest BCUT2D eigenvalue weighted by Crippen LogP contribution is -2.32. The second-order valence-corrected chi connectivity index (χ2v) is 5.45. The molecule has 0 bridgehead atoms. The minimum Gasteiger partial charge on any atom is -0.267 e. The monoisotopic (exact) mass is 302 g/mol. The molecule has 0 fully saturated rings. The normalized spacial score (nSPS) is 14.7. The van der Waals surface area contributed by atoms with Gasteiger partial charge in [0, 0.05) is 6.42 Å². The Hall–Kier alpha value is -2.34. The number of hydrogen-bond acceptors (Lipinski definition) is 3. The zero-order valence-corrected chi connectivity index (χ0v) is 11.8. The number of aliphatic imine (C=N–C) groups is 1. The number of hydrogen-bond donors (Lipinski definition) is 0. The van der Waals surface area contributed by atoms with E-state index >= 15 is 0 Å². The number of imide groups is 1. The smallest absolute Gasteiger partial charge is 0.267 e. The third-order valence-corrected chi connectivity index (χ3v) is 3.89. The maximum atomic E-state index is 12.9. The number of halogens is 1. The van der Waals surface area contributed by atoms with Gasteiger partial charge in [-0.1, -0.05) is 12.1 Å². The Bertz CT molecular complexity index is 708. The number of nitrogens with zero attached hydrogens (tertiary/aromatic N) is 2. The van der Waals surface area contributed by atoms with Gasteiger partial charge in [-0.15, -0.1) is 0 Å². The largest absolute Gasteiger partial charge is 0.351 e. The van der Waals surface area contributed by atoms with Crippen LogP contribution >= 0.6 is 11.3 Å². The fraction of sp³-hybridized carbons (Fsp3) is 0.133. The third kappa shape index (κ3) is 2.90. The molecule has 0 radical (unpaired) electrons. The lowest BCUT2D eigenvalue weighted by molar-refractivity contribution is -0.121. The van der Waals surface area contributed by atoms with Gasteiger partial charge in [0.15, 0.2) is 0 Å². The summed E-state index contributed by atoms with van der Waals surface area (Å²) in [5.41, 5.74) is 1.90. The molecule has 0 spiro atoms. The van der Waals surface area contributed by atoms with Gasteiger partial charge in [-0.05, 0) is 40.1 Å². The van der Waals surface area contributed by atoms with Gasteiger partial charge in [-0.2, -0.15) is 16.3 Å². The molecule has 4 nitrogen and oxygen atoms in total. The zero-order chi connectivity index (χ0) is 14.8. The maximum absolute atomic E-state index is 12.9. The van der Waals surface area contributed by atoms with Crippen molar-refractivity contribution in [2.75, 3.05) is 0 Å². The highest BCUT2D eigenvalue weighted by atomic mass is 32.1. The molecule has 0 saturated carbocycles. The lowest BCUT2D eigenvalue weighted by Gasteiger charge is -2.12. The third-order valence-electron chi connectivity index (χ3n) is 3.16. The topological polar surface area (TPSA) is 49.7 Å². The second kappa shape index (κ2) is 5.57. The molecule has 0 atom stereocenters. The summed E-state index contributed by atoms with van der Waals surface area (Å²) in [6, 6.07) is 7.03. The standard InChI is InChI=1S/C15H11FN2O2S/c16-12-3-1-10(2-4-12)8-18-14(19)13(17-15(18)20)7-11-5-6-21-9-11/h1-6,9H,7-8H2. The fourth-order valence-electron chi connectivity index (χ4n) is 2.08. The van der Waals surface area contributed by atoms with Gasteiger partial charge in [0.2, 0.25) is 0 Å². The first kappa shape index (κ1) is 13.6. The summed E-state index contributed by atoms with van der Waals surface area (Å²) in [5.74, 6) is -0.734. The number of carbonyl (C=O) groups excluding carboxylic acids is 2. The van der Waals surface area contributed by atoms with Crippen molar-refractivity contribution < 1.29 is 14.0 Å². The van der Waals surface area contributed by atoms with Crippen LogP contribution in [0.2, 0.25) is 0 Å². The van der Waals surface area contributed by atoms with E-state index in [2.05, 4.69) is 4.99 Å². The number of amides is 3. The molecule has 2 heterocycles. The van der Waals surface area contributed by atoms with Gasteiger partial charge in [-0.25, -0.2) is 9.18 Å². The van der Waals surface area contributed by atoms with Crippen molar-refractivity contribution in [3.63, 3.8) is 0 Å². The molecule has 0 saturated heterocycles. The Morgan fingerprint density at radius 1 is 1.10 bits per heavy atom. The molecular formula is C15H11FN2O2S. The van der Waals surface area contributed by atoms with Gasteiger partial charge >= 0.3 is 6.03 Å². The molecule has 21 heavy (non-hydrogen) atoms. The highest BCUT2D eigenvalue weighted by Crippen LogP contribution is 2.16. The number of rotatable bonds is 4. The van der Waals surface area contributed by atoms with Crippen LogP contribution in [0, 0.1) is 5.82 Å². The van der Waals surface area contributed by atoms with Crippen LogP contribution < -0.4 is 0 Å². The van der Waals surface area contributed by atoms with Crippen LogP contribution in [0.1, 0.15) is 11.1 Å². The van der Waals surface area contributed by atoms with Gasteiger partial charge in [0.25, 0.3) is 5.91 Å². The Morgan fingerprint density at radius 2 is 1.86 bits per heavy atom. The first-order valence-electron chi connectivity index (χ1n) is 6.32. The predicted molar refractivity (Wildman–Crippen MR) is 77.8 cm³/mol. The van der Waals surface area contributed by atoms with Crippen molar-refractivity contribution in [3.8, 4) is 0 Å². The van der Waals surface area contributed by atoms with Crippen LogP contribution in [0.4, 0.5) is 9.18 Å². The molecule has 3 rings (SSSR count). The summed E-state index contributed by atoms with van der Waals surface area (Å²) in [6.45, 7) is 0.106. The Labute approximate surface area is 124 Å². The SMILES string of the molecule is O=C1N=C(Cc2ccsc2)C(=O)N1Cc1ccc(F)cc1. The molecule has 1 aromatic heterocycles. The van der Waals surface area contributed by atoms with E-state index in [-0.39, 0.29) is 24.0 Å². The Kier molecular flexibility index (Phi) is 3.62. The van der Waals surface area contributed by atoms with Gasteiger partial charge in [0.05, 0.1) is 6.54 Å². The van der Waals surface area contributed by atoms with Crippen LogP contribution in [0.15, 0.2) is 46.1 Å². The molecule has 0 unspecified atom stereocenters. The van der Waals surface area contributed by atoms with Crippen molar-refractivity contribution in [2.24, 2.45) is 4.99 Å². The molecule has 1 aromatic carbocycles. The maximum Gasteiger partial charge on any atom is 0.351 e. The van der Waals surface area contributed by atoms with E-state index in [1.165, 1.54) is 23.5 Å². The van der Waals surface area contributed by atoms with Gasteiger partial charge in [-0.3, -0.25) is 9.69 Å². The summed E-state index contributed by atoms with van der Waals surface area (Å²) in [6.07, 6.45) is 0.355. The first-order chi connectivity index (χ1) is 10.1. The van der Waals surface area contributed by atoms with E-state index in [0.29, 0.717) is 12.0 Å². The van der Waals surface area contributed by atoms with Crippen molar-refractivity contribution in [1.29, 1.82) is 0 Å². The van der Waals surface area contributed by atoms with Crippen molar-refractivity contribution >= 4 is 29.0 Å². The van der Waals surface area contributed by atoms with Gasteiger partial charge in [0.1, 0.15) is 11.5 Å². The average Bonchev–Trinajstić information content (AvgIpc) is 3.06. The Morgan fingerprint density at radius 3 is 2.52 bits per heavy atom. The van der Waals surface area contributed by atoms with Crippen molar-refractivity contribution in [1.82, 2.24) is 4.90 Å². The summed E-state index contributed by atoms with van der Waals surface area (Å²) >= 11 is 1.53. The quantitative estimate of drug-likeness (QED) is 0.871. The molecule has 0 N–H and O–H groups in total. The molecule has 1 aliphatic heterocycles. The number of carbonyl (C=O) groups is 2. The van der Waals surface area contributed by atoms with Gasteiger partial charge < -0.3 is 0 Å². The summed E-state index contributed by atoms with van der Waals surface area (Å²) < 4.78 is 12.9. The van der Waals surface area contributed by atoms with Crippen molar-refractivity contribution in [2.45, 2.75) is 13.0 Å². The summed E-state index contributed by atoms with van der Waals surface area (Å²) in [7, 11) is 0. The number of thiophene rings is 1. The zero-order valence-electron chi connectivity index (χ0n) is 11.0. The fourth-order valence-corrected chi connectivity index (χ4v) is 2.75. The van der Waals surface area contributed by atoms with Crippen LogP contribution in [0.25, 0.3) is 0 Å². The highest BCUT2D eigenvalue weighted by molar-refractivity contribution is 7.08. The molecule has 0 aliphatic carbocycles. The van der Waals surface area contributed by atoms with E-state index in [4.69, 9.17) is 0 Å². The van der Waals surface area contributed by atoms with Crippen molar-refractivity contribution in [3.05, 3.63) is 58.0 Å². The minimum atomic E-state index is -0.561. The molecular weight excluding hydrogens is 291 g/mol. The lowest BCUT2D eigenvalue weighted by atomic mass is 10.1.